The van der Waals surface area contributed by atoms with Crippen molar-refractivity contribution in [1.82, 2.24) is 0 Å². The van der Waals surface area contributed by atoms with E-state index in [2.05, 4.69) is 23.7 Å². The summed E-state index contributed by atoms with van der Waals surface area (Å²) in [6, 6.07) is 3.54. The first-order valence-electron chi connectivity index (χ1n) is 13.6. The number of carbonyl (C=O) groups excluding carboxylic acids is 2. The molecule has 2 aliphatic rings. The van der Waals surface area contributed by atoms with Crippen LogP contribution in [0, 0.1) is 49.4 Å². The summed E-state index contributed by atoms with van der Waals surface area (Å²) in [5.41, 5.74) is -0.0453. The SMILES string of the molecule is C#CCOCCN(CCOCC#C)c1ccc(C2=C(O)/C(=C3\C=CC(=[N+](CCOCC#C)CCOCC#C)S3)C(=O)C2=O)s1. The number of allylic oxidation sites excluding steroid dienone is 3. The number of hydrogen-bond acceptors (Lipinski definition) is 10. The Kier molecular flexibility index (Phi) is 14.6. The molecule has 44 heavy (non-hydrogen) atoms. The summed E-state index contributed by atoms with van der Waals surface area (Å²) >= 11 is 2.56. The average molecular weight is 634 g/mol. The number of terminal acetylenes is 4. The Morgan fingerprint density at radius 1 is 0.750 bits per heavy atom. The number of thiophene rings is 1. The molecule has 1 aromatic heterocycles. The Labute approximate surface area is 266 Å². The molecule has 11 heteroatoms. The Bertz CT molecular complexity index is 1460. The van der Waals surface area contributed by atoms with Crippen LogP contribution in [-0.4, -0.2) is 105 Å². The van der Waals surface area contributed by atoms with Crippen LogP contribution >= 0.6 is 23.1 Å². The number of thioether (sulfide) groups is 1. The van der Waals surface area contributed by atoms with Crippen molar-refractivity contribution in [3.8, 4) is 49.4 Å². The number of rotatable bonds is 18. The fraction of sp³-hybridized carbons (Fsp3) is 0.364. The maximum Gasteiger partial charge on any atom is 0.239 e. The maximum atomic E-state index is 13.2. The summed E-state index contributed by atoms with van der Waals surface area (Å²) in [7, 11) is 0. The summed E-state index contributed by atoms with van der Waals surface area (Å²) in [4.78, 5) is 29.3. The zero-order chi connectivity index (χ0) is 31.7. The highest BCUT2D eigenvalue weighted by Crippen LogP contribution is 2.42. The molecule has 0 unspecified atom stereocenters. The Balaban J connectivity index is 1.85. The summed E-state index contributed by atoms with van der Waals surface area (Å²) in [5.74, 6) is 7.86. The number of nitrogens with zero attached hydrogens (tertiary/aromatic N) is 2. The number of ketones is 2. The van der Waals surface area contributed by atoms with Gasteiger partial charge in [-0.05, 0) is 30.0 Å². The van der Waals surface area contributed by atoms with Gasteiger partial charge in [-0.3, -0.25) is 9.59 Å². The fourth-order valence-electron chi connectivity index (χ4n) is 4.18. The molecule has 0 atom stereocenters. The summed E-state index contributed by atoms with van der Waals surface area (Å²) < 4.78 is 23.7. The van der Waals surface area contributed by atoms with Crippen LogP contribution in [0.2, 0.25) is 0 Å². The first-order chi connectivity index (χ1) is 21.5. The van der Waals surface area contributed by atoms with E-state index in [4.69, 9.17) is 44.6 Å². The third kappa shape index (κ3) is 9.48. The quantitative estimate of drug-likeness (QED) is 0.0861. The fourth-order valence-corrected chi connectivity index (χ4v) is 6.38. The van der Waals surface area contributed by atoms with E-state index in [1.54, 1.807) is 12.1 Å². The van der Waals surface area contributed by atoms with Crippen LogP contribution in [0.25, 0.3) is 5.57 Å². The second-order valence-corrected chi connectivity index (χ2v) is 11.2. The predicted molar refractivity (Wildman–Crippen MR) is 173 cm³/mol. The standard InChI is InChI=1S/C33H32N2O7S2/c1-5-17-39-21-13-34(14-22-40-18-6-2)27-11-9-25(43-27)29-31(36)30(33(38)32(29)37)26-10-12-28(44-26)35(15-23-41-19-7-3)16-24-42-20-8-4/h1-4,9-12H,13-24H2/p+1. The van der Waals surface area contributed by atoms with E-state index in [0.29, 0.717) is 62.4 Å². The van der Waals surface area contributed by atoms with E-state index in [0.717, 1.165) is 10.0 Å². The molecule has 1 N–H and O–H groups in total. The minimum atomic E-state index is -0.760. The van der Waals surface area contributed by atoms with Crippen molar-refractivity contribution in [2.45, 2.75) is 0 Å². The van der Waals surface area contributed by atoms with Gasteiger partial charge in [0.15, 0.2) is 13.1 Å². The summed E-state index contributed by atoms with van der Waals surface area (Å²) in [5, 5.41) is 12.8. The van der Waals surface area contributed by atoms with Gasteiger partial charge in [-0.1, -0.05) is 23.7 Å². The van der Waals surface area contributed by atoms with E-state index < -0.39 is 11.6 Å². The van der Waals surface area contributed by atoms with Crippen molar-refractivity contribution in [3.05, 3.63) is 45.4 Å². The molecule has 0 saturated carbocycles. The van der Waals surface area contributed by atoms with Crippen LogP contribution in [0.15, 0.2) is 40.5 Å². The molecule has 0 fully saturated rings. The number of hydrogen-bond donors (Lipinski definition) is 1. The van der Waals surface area contributed by atoms with E-state index in [9.17, 15) is 14.7 Å². The minimum Gasteiger partial charge on any atom is -0.506 e. The van der Waals surface area contributed by atoms with Crippen LogP contribution in [0.3, 0.4) is 0 Å². The average Bonchev–Trinajstić information content (AvgIpc) is 3.74. The Hall–Kier alpha value is -4.04. The largest absolute Gasteiger partial charge is 0.506 e. The van der Waals surface area contributed by atoms with Crippen molar-refractivity contribution < 1.29 is 38.2 Å². The molecule has 2 heterocycles. The van der Waals surface area contributed by atoms with Crippen molar-refractivity contribution in [2.75, 3.05) is 83.9 Å². The van der Waals surface area contributed by atoms with E-state index in [1.807, 2.05) is 21.6 Å². The molecular formula is C33H33N2O7S2+. The van der Waals surface area contributed by atoms with Gasteiger partial charge in [-0.25, -0.2) is 4.58 Å². The molecule has 0 aromatic carbocycles. The summed E-state index contributed by atoms with van der Waals surface area (Å²) in [6.07, 6.45) is 24.6. The van der Waals surface area contributed by atoms with Crippen LogP contribution in [0.5, 0.6) is 0 Å². The minimum absolute atomic E-state index is 0.0226. The number of aliphatic hydroxyl groups is 1. The Morgan fingerprint density at radius 2 is 1.27 bits per heavy atom. The molecule has 0 bridgehead atoms. The monoisotopic (exact) mass is 633 g/mol. The molecule has 228 valence electrons. The van der Waals surface area contributed by atoms with Crippen LogP contribution in [0.4, 0.5) is 5.00 Å². The van der Waals surface area contributed by atoms with Gasteiger partial charge in [-0.2, -0.15) is 0 Å². The number of Topliss-reactive ketones (excluding diaryl/α,β-unsaturated/α-hetero) is 2. The molecule has 3 rings (SSSR count). The lowest BCUT2D eigenvalue weighted by Gasteiger charge is -2.22. The van der Waals surface area contributed by atoms with E-state index in [-0.39, 0.29) is 43.3 Å². The first kappa shape index (κ1) is 34.5. The third-order valence-electron chi connectivity index (χ3n) is 6.20. The highest BCUT2D eigenvalue weighted by atomic mass is 32.2. The predicted octanol–water partition coefficient (Wildman–Crippen LogP) is 2.54. The van der Waals surface area contributed by atoms with Gasteiger partial charge in [0.2, 0.25) is 16.6 Å². The van der Waals surface area contributed by atoms with Crippen LogP contribution in [-0.2, 0) is 28.5 Å². The van der Waals surface area contributed by atoms with Gasteiger partial charge in [-0.15, -0.1) is 37.0 Å². The molecule has 1 aliphatic heterocycles. The summed E-state index contributed by atoms with van der Waals surface area (Å²) in [6.45, 7) is 4.28. The maximum absolute atomic E-state index is 13.2. The van der Waals surface area contributed by atoms with Gasteiger partial charge in [0.25, 0.3) is 0 Å². The van der Waals surface area contributed by atoms with E-state index >= 15 is 0 Å². The van der Waals surface area contributed by atoms with Gasteiger partial charge in [0, 0.05) is 28.9 Å². The number of ether oxygens (including phenoxy) is 4. The molecule has 1 aromatic rings. The van der Waals surface area contributed by atoms with Crippen molar-refractivity contribution in [3.63, 3.8) is 0 Å². The lowest BCUT2D eigenvalue weighted by molar-refractivity contribution is -0.529. The van der Waals surface area contributed by atoms with Gasteiger partial charge in [0.05, 0.1) is 29.4 Å². The first-order valence-corrected chi connectivity index (χ1v) is 15.2. The molecule has 9 nitrogen and oxygen atoms in total. The van der Waals surface area contributed by atoms with Gasteiger partial charge in [0.1, 0.15) is 45.4 Å². The molecule has 1 aliphatic carbocycles. The van der Waals surface area contributed by atoms with Crippen LogP contribution in [0.1, 0.15) is 4.88 Å². The lowest BCUT2D eigenvalue weighted by atomic mass is 10.1. The van der Waals surface area contributed by atoms with Gasteiger partial charge >= 0.3 is 0 Å². The second kappa shape index (κ2) is 18.6. The highest BCUT2D eigenvalue weighted by molar-refractivity contribution is 8.18. The number of carbonyl (C=O) groups is 2. The highest BCUT2D eigenvalue weighted by Gasteiger charge is 2.41. The van der Waals surface area contributed by atoms with Crippen molar-refractivity contribution in [2.24, 2.45) is 0 Å². The smallest absolute Gasteiger partial charge is 0.239 e. The zero-order valence-corrected chi connectivity index (χ0v) is 25.8. The molecular weight excluding hydrogens is 601 g/mol. The molecule has 0 spiro atoms. The van der Waals surface area contributed by atoms with E-state index in [1.165, 1.54) is 23.1 Å². The topological polar surface area (TPSA) is 97.5 Å². The second-order valence-electron chi connectivity index (χ2n) is 9.03. The normalized spacial score (nSPS) is 15.8. The number of anilines is 1. The van der Waals surface area contributed by atoms with Gasteiger partial charge < -0.3 is 29.0 Å². The molecule has 0 radical (unpaired) electrons. The Morgan fingerprint density at radius 3 is 1.82 bits per heavy atom. The zero-order valence-electron chi connectivity index (χ0n) is 24.2. The van der Waals surface area contributed by atoms with Crippen molar-refractivity contribution in [1.29, 1.82) is 0 Å². The van der Waals surface area contributed by atoms with Crippen molar-refractivity contribution >= 4 is 50.3 Å². The van der Waals surface area contributed by atoms with Crippen LogP contribution < -0.4 is 4.90 Å². The molecule has 0 amide bonds. The molecule has 0 saturated heterocycles. The number of aliphatic hydroxyl groups excluding tert-OH is 1. The lowest BCUT2D eigenvalue weighted by Crippen LogP contribution is -2.30. The third-order valence-corrected chi connectivity index (χ3v) is 8.52.